The number of carboxylic acid groups (broad SMARTS) is 1. The minimum atomic E-state index is -5.08. The number of alkyl halides is 3. The zero-order valence-electron chi connectivity index (χ0n) is 22.4. The number of carboxylic acids is 1. The fourth-order valence-corrected chi connectivity index (χ4v) is 5.01. The van der Waals surface area contributed by atoms with Gasteiger partial charge in [0.25, 0.3) is 0 Å². The van der Waals surface area contributed by atoms with Gasteiger partial charge in [-0.25, -0.2) is 4.79 Å². The third-order valence-electron chi connectivity index (χ3n) is 6.89. The molecule has 0 amide bonds. The summed E-state index contributed by atoms with van der Waals surface area (Å²) >= 11 is 6.17. The van der Waals surface area contributed by atoms with Crippen molar-refractivity contribution in [3.8, 4) is 11.4 Å². The molecule has 41 heavy (non-hydrogen) atoms. The van der Waals surface area contributed by atoms with E-state index < -0.39 is 18.2 Å². The van der Waals surface area contributed by atoms with Crippen molar-refractivity contribution < 1.29 is 32.6 Å². The maximum Gasteiger partial charge on any atom is 0.490 e. The summed E-state index contributed by atoms with van der Waals surface area (Å²) in [4.78, 5) is 27.2. The first-order chi connectivity index (χ1) is 19.5. The molecule has 0 bridgehead atoms. The average molecular weight is 592 g/mol. The first-order valence-corrected chi connectivity index (χ1v) is 13.3. The third-order valence-corrected chi connectivity index (χ3v) is 7.14. The number of aromatic nitrogens is 3. The van der Waals surface area contributed by atoms with E-state index >= 15 is 0 Å². The number of aryl methyl sites for hydroxylation is 1. The van der Waals surface area contributed by atoms with Gasteiger partial charge >= 0.3 is 12.1 Å². The number of aliphatic carboxylic acids is 1. The second kappa shape index (κ2) is 12.8. The second-order valence-corrected chi connectivity index (χ2v) is 10.2. The van der Waals surface area contributed by atoms with Crippen molar-refractivity contribution in [3.63, 3.8) is 0 Å². The van der Waals surface area contributed by atoms with Crippen LogP contribution in [0.2, 0.25) is 5.02 Å². The van der Waals surface area contributed by atoms with Crippen molar-refractivity contribution in [1.82, 2.24) is 20.1 Å². The lowest BCUT2D eigenvalue weighted by molar-refractivity contribution is -0.192. The first kappa shape index (κ1) is 30.2. The van der Waals surface area contributed by atoms with Gasteiger partial charge in [-0.3, -0.25) is 14.4 Å². The summed E-state index contributed by atoms with van der Waals surface area (Å²) in [7, 11) is 1.65. The molecule has 0 saturated carbocycles. The topological polar surface area (TPSA) is 119 Å². The predicted octanol–water partition coefficient (Wildman–Crippen LogP) is 5.11. The van der Waals surface area contributed by atoms with E-state index in [2.05, 4.69) is 15.5 Å². The van der Waals surface area contributed by atoms with Crippen LogP contribution in [0.25, 0.3) is 5.69 Å². The van der Waals surface area contributed by atoms with Crippen molar-refractivity contribution in [2.24, 2.45) is 10.9 Å². The van der Waals surface area contributed by atoms with Crippen LogP contribution >= 0.6 is 11.6 Å². The van der Waals surface area contributed by atoms with E-state index in [1.54, 1.807) is 7.11 Å². The molecule has 2 aliphatic heterocycles. The number of carbonyl (C=O) groups is 2. The summed E-state index contributed by atoms with van der Waals surface area (Å²) in [5.74, 6) is 0.0593. The Kier molecular flexibility index (Phi) is 9.44. The van der Waals surface area contributed by atoms with Crippen LogP contribution < -0.4 is 10.1 Å². The number of piperidine rings is 1. The molecule has 2 aliphatic rings. The van der Waals surface area contributed by atoms with Crippen molar-refractivity contribution in [1.29, 1.82) is 0 Å². The van der Waals surface area contributed by atoms with Crippen LogP contribution in [0, 0.1) is 12.8 Å². The largest absolute Gasteiger partial charge is 0.497 e. The highest BCUT2D eigenvalue weighted by molar-refractivity contribution is 6.30. The SMILES string of the molecule is COc1ccc2c(c1)C(c1ccc(Cl)cc1)=NC(CC(=O)CC1CCNCC1)c1nnc(C)n1-2.O=C(O)C(F)(F)F. The number of aliphatic imine (C=N–C) groups is 1. The minimum absolute atomic E-state index is 0.215. The number of benzene rings is 2. The van der Waals surface area contributed by atoms with Crippen molar-refractivity contribution in [3.05, 3.63) is 70.3 Å². The molecule has 0 aliphatic carbocycles. The molecule has 1 atom stereocenters. The van der Waals surface area contributed by atoms with Gasteiger partial charge in [0, 0.05) is 29.0 Å². The quantitative estimate of drug-likeness (QED) is 0.409. The van der Waals surface area contributed by atoms with Gasteiger partial charge in [0.2, 0.25) is 0 Å². The number of rotatable bonds is 6. The number of ketones is 1. The zero-order valence-corrected chi connectivity index (χ0v) is 23.2. The van der Waals surface area contributed by atoms with Crippen molar-refractivity contribution in [2.45, 2.75) is 44.8 Å². The molecule has 3 aromatic rings. The van der Waals surface area contributed by atoms with E-state index in [-0.39, 0.29) is 5.78 Å². The molecule has 0 spiro atoms. The van der Waals surface area contributed by atoms with Crippen LogP contribution in [0.3, 0.4) is 0 Å². The molecule has 5 rings (SSSR count). The smallest absolute Gasteiger partial charge is 0.490 e. The molecule has 2 N–H and O–H groups in total. The van der Waals surface area contributed by atoms with Crippen LogP contribution in [-0.2, 0) is 9.59 Å². The lowest BCUT2D eigenvalue weighted by Gasteiger charge is -2.22. The first-order valence-electron chi connectivity index (χ1n) is 12.9. The number of halogens is 4. The van der Waals surface area contributed by atoms with Gasteiger partial charge in [-0.1, -0.05) is 23.7 Å². The summed E-state index contributed by atoms with van der Waals surface area (Å²) in [6.45, 7) is 3.88. The molecule has 1 unspecified atom stereocenters. The summed E-state index contributed by atoms with van der Waals surface area (Å²) < 4.78 is 39.3. The van der Waals surface area contributed by atoms with E-state index in [0.29, 0.717) is 29.6 Å². The number of hydrogen-bond donors (Lipinski definition) is 2. The molecule has 9 nitrogen and oxygen atoms in total. The Morgan fingerprint density at radius 2 is 1.76 bits per heavy atom. The number of hydrogen-bond acceptors (Lipinski definition) is 7. The maximum atomic E-state index is 13.2. The Labute approximate surface area is 239 Å². The Hall–Kier alpha value is -3.77. The molecule has 13 heteroatoms. The maximum absolute atomic E-state index is 13.2. The molecule has 1 aromatic heterocycles. The van der Waals surface area contributed by atoms with E-state index in [0.717, 1.165) is 60.0 Å². The number of Topliss-reactive ketones (excluding diaryl/α,β-unsaturated/α-hetero) is 1. The van der Waals surface area contributed by atoms with Gasteiger partial charge in [0.15, 0.2) is 5.82 Å². The second-order valence-electron chi connectivity index (χ2n) is 9.77. The highest BCUT2D eigenvalue weighted by Crippen LogP contribution is 2.35. The standard InChI is InChI=1S/C26H28ClN5O2.C2HF3O2/c1-16-30-31-26-23(14-20(33)13-17-9-11-28-12-10-17)29-25(18-3-5-19(27)6-4-18)22-15-21(34-2)7-8-24(22)32(16)26;3-2(4,5)1(6)7/h3-8,15,17,23,28H,9-14H2,1-2H3;(H,6,7). The molecule has 0 radical (unpaired) electrons. The average Bonchev–Trinajstić information content (AvgIpc) is 3.26. The Morgan fingerprint density at radius 3 is 2.37 bits per heavy atom. The molecule has 3 heterocycles. The number of nitrogens with one attached hydrogen (secondary N) is 1. The van der Waals surface area contributed by atoms with Gasteiger partial charge in [-0.2, -0.15) is 13.2 Å². The molecular weight excluding hydrogens is 563 g/mol. The zero-order chi connectivity index (χ0) is 29.7. The van der Waals surface area contributed by atoms with E-state index in [4.69, 9.17) is 31.2 Å². The lowest BCUT2D eigenvalue weighted by atomic mass is 9.91. The van der Waals surface area contributed by atoms with Crippen LogP contribution in [0.5, 0.6) is 5.75 Å². The highest BCUT2D eigenvalue weighted by Gasteiger charge is 2.38. The van der Waals surface area contributed by atoms with E-state index in [1.165, 1.54) is 0 Å². The number of carbonyl (C=O) groups excluding carboxylic acids is 1. The number of ether oxygens (including phenoxy) is 1. The van der Waals surface area contributed by atoms with Crippen molar-refractivity contribution >= 4 is 29.1 Å². The minimum Gasteiger partial charge on any atom is -0.497 e. The van der Waals surface area contributed by atoms with Crippen LogP contribution in [0.1, 0.15) is 54.5 Å². The summed E-state index contributed by atoms with van der Waals surface area (Å²) in [6.07, 6.45) is -2.13. The van der Waals surface area contributed by atoms with Gasteiger partial charge in [-0.05, 0) is 69.1 Å². The fraction of sp³-hybridized carbons (Fsp3) is 0.393. The Bertz CT molecular complexity index is 1430. The normalized spacial score (nSPS) is 16.8. The third kappa shape index (κ3) is 7.31. The van der Waals surface area contributed by atoms with E-state index in [9.17, 15) is 18.0 Å². The predicted molar refractivity (Wildman–Crippen MR) is 146 cm³/mol. The monoisotopic (exact) mass is 591 g/mol. The number of fused-ring (bicyclic) bond motifs is 3. The van der Waals surface area contributed by atoms with Crippen LogP contribution in [0.4, 0.5) is 13.2 Å². The van der Waals surface area contributed by atoms with Gasteiger partial charge in [-0.15, -0.1) is 10.2 Å². The van der Waals surface area contributed by atoms with Crippen LogP contribution in [0.15, 0.2) is 47.5 Å². The molecular formula is C28H29ClF3N5O4. The van der Waals surface area contributed by atoms with E-state index in [1.807, 2.05) is 54.0 Å². The van der Waals surface area contributed by atoms with Gasteiger partial charge < -0.3 is 15.2 Å². The molecule has 2 aromatic carbocycles. The molecule has 218 valence electrons. The lowest BCUT2D eigenvalue weighted by Crippen LogP contribution is -2.29. The van der Waals surface area contributed by atoms with Gasteiger partial charge in [0.1, 0.15) is 23.4 Å². The molecule has 1 saturated heterocycles. The summed E-state index contributed by atoms with van der Waals surface area (Å²) in [5.41, 5.74) is 3.53. The number of methoxy groups -OCH3 is 1. The Morgan fingerprint density at radius 1 is 1.10 bits per heavy atom. The van der Waals surface area contributed by atoms with Crippen molar-refractivity contribution in [2.75, 3.05) is 20.2 Å². The summed E-state index contributed by atoms with van der Waals surface area (Å²) in [6, 6.07) is 13.1. The molecule has 1 fully saturated rings. The Balaban J connectivity index is 0.000000493. The van der Waals surface area contributed by atoms with Gasteiger partial charge in [0.05, 0.1) is 18.5 Å². The number of nitrogens with zero attached hydrogens (tertiary/aromatic N) is 4. The highest BCUT2D eigenvalue weighted by atomic mass is 35.5. The fourth-order valence-electron chi connectivity index (χ4n) is 4.88. The van der Waals surface area contributed by atoms with Crippen LogP contribution in [-0.4, -0.2) is 63.7 Å². The summed E-state index contributed by atoms with van der Waals surface area (Å²) in [5, 5.41) is 20.0.